The van der Waals surface area contributed by atoms with Gasteiger partial charge in [0.05, 0.1) is 17.1 Å². The van der Waals surface area contributed by atoms with Crippen LogP contribution in [0.25, 0.3) is 22.5 Å². The maximum absolute atomic E-state index is 2.53. The minimum Gasteiger partial charge on any atom is -0.321 e. The molecule has 2 heterocycles. The van der Waals surface area contributed by atoms with Gasteiger partial charge in [0.15, 0.2) is 0 Å². The molecule has 0 atom stereocenters. The Balaban J connectivity index is 1.68. The highest BCUT2D eigenvalue weighted by Gasteiger charge is 2.38. The summed E-state index contributed by atoms with van der Waals surface area (Å²) in [5, 5.41) is 0. The van der Waals surface area contributed by atoms with E-state index in [1.54, 1.807) is 0 Å². The molecule has 0 bridgehead atoms. The quantitative estimate of drug-likeness (QED) is 0.303. The van der Waals surface area contributed by atoms with E-state index in [1.807, 2.05) is 0 Å². The fourth-order valence-electron chi connectivity index (χ4n) is 5.43. The van der Waals surface area contributed by atoms with Gasteiger partial charge >= 0.3 is 0 Å². The first-order chi connectivity index (χ1) is 17.0. The number of benzene rings is 4. The van der Waals surface area contributed by atoms with Crippen LogP contribution in [-0.2, 0) is 0 Å². The van der Waals surface area contributed by atoms with E-state index in [0.717, 1.165) is 6.67 Å². The van der Waals surface area contributed by atoms with Crippen LogP contribution in [0.5, 0.6) is 0 Å². The maximum Gasteiger partial charge on any atom is 0.100 e. The molecule has 0 fully saturated rings. The highest BCUT2D eigenvalue weighted by atomic mass is 15.4. The second-order valence-corrected chi connectivity index (χ2v) is 10.3. The molecule has 4 aromatic carbocycles. The predicted molar refractivity (Wildman–Crippen MR) is 150 cm³/mol. The Morgan fingerprint density at radius 1 is 0.543 bits per heavy atom. The molecule has 0 aromatic heterocycles. The van der Waals surface area contributed by atoms with E-state index in [1.165, 1.54) is 56.1 Å². The van der Waals surface area contributed by atoms with Crippen molar-refractivity contribution < 1.29 is 0 Å². The number of rotatable bonds is 4. The van der Waals surface area contributed by atoms with Crippen molar-refractivity contribution in [1.29, 1.82) is 0 Å². The third-order valence-electron chi connectivity index (χ3n) is 7.40. The summed E-state index contributed by atoms with van der Waals surface area (Å²) in [7, 11) is 0. The lowest BCUT2D eigenvalue weighted by Crippen LogP contribution is -2.29. The van der Waals surface area contributed by atoms with Crippen LogP contribution in [0, 0.1) is 0 Å². The van der Waals surface area contributed by atoms with Crippen LogP contribution in [0.3, 0.4) is 0 Å². The standard InChI is InChI=1S/C33H32N2/c1-22(2)25-15-17-28-29-19-26(23(3)4)16-18-31(29)35-21-34(27-13-9-6-10-14-27)32(33(35)30(28)20-25)24-11-7-5-8-12-24/h5-20,22-23H,21H2,1-4H3. The minimum atomic E-state index is 0.476. The van der Waals surface area contributed by atoms with E-state index in [2.05, 4.69) is 135 Å². The molecule has 2 aliphatic heterocycles. The van der Waals surface area contributed by atoms with Crippen molar-refractivity contribution in [2.75, 3.05) is 16.5 Å². The Morgan fingerprint density at radius 2 is 1.14 bits per heavy atom. The molecule has 0 unspecified atom stereocenters. The molecule has 0 N–H and O–H groups in total. The van der Waals surface area contributed by atoms with Crippen LogP contribution in [0.15, 0.2) is 97.1 Å². The third-order valence-corrected chi connectivity index (χ3v) is 7.40. The Morgan fingerprint density at radius 3 is 1.80 bits per heavy atom. The fourth-order valence-corrected chi connectivity index (χ4v) is 5.43. The van der Waals surface area contributed by atoms with Crippen molar-refractivity contribution in [1.82, 2.24) is 0 Å². The summed E-state index contributed by atoms with van der Waals surface area (Å²) in [6.45, 7) is 9.91. The summed E-state index contributed by atoms with van der Waals surface area (Å²) < 4.78 is 0. The lowest BCUT2D eigenvalue weighted by Gasteiger charge is -2.33. The van der Waals surface area contributed by atoms with E-state index in [0.29, 0.717) is 11.8 Å². The topological polar surface area (TPSA) is 6.48 Å². The highest BCUT2D eigenvalue weighted by molar-refractivity contribution is 6.12. The summed E-state index contributed by atoms with van der Waals surface area (Å²) in [5.74, 6) is 0.972. The van der Waals surface area contributed by atoms with E-state index in [4.69, 9.17) is 0 Å². The van der Waals surface area contributed by atoms with Gasteiger partial charge in [-0.2, -0.15) is 0 Å². The monoisotopic (exact) mass is 456 g/mol. The van der Waals surface area contributed by atoms with Crippen molar-refractivity contribution >= 4 is 22.8 Å². The van der Waals surface area contributed by atoms with Crippen LogP contribution >= 0.6 is 0 Å². The first-order valence-corrected chi connectivity index (χ1v) is 12.7. The summed E-state index contributed by atoms with van der Waals surface area (Å²) in [5.41, 5.74) is 13.1. The van der Waals surface area contributed by atoms with Gasteiger partial charge in [0, 0.05) is 22.4 Å². The number of hydrogen-bond acceptors (Lipinski definition) is 2. The van der Waals surface area contributed by atoms with Gasteiger partial charge in [-0.05, 0) is 58.9 Å². The molecule has 35 heavy (non-hydrogen) atoms. The van der Waals surface area contributed by atoms with E-state index in [9.17, 15) is 0 Å². The SMILES string of the molecule is CC(C)c1ccc2c(c1)C1=C(c3ccccc3)N(c3ccccc3)CN1c1ccc(C(C)C)cc1-2. The zero-order valence-corrected chi connectivity index (χ0v) is 21.0. The summed E-state index contributed by atoms with van der Waals surface area (Å²) in [6, 6.07) is 35.8. The molecule has 0 aliphatic carbocycles. The van der Waals surface area contributed by atoms with Crippen molar-refractivity contribution in [2.24, 2.45) is 0 Å². The van der Waals surface area contributed by atoms with Gasteiger partial charge in [-0.15, -0.1) is 0 Å². The average Bonchev–Trinajstić information content (AvgIpc) is 3.30. The van der Waals surface area contributed by atoms with E-state index >= 15 is 0 Å². The first-order valence-electron chi connectivity index (χ1n) is 12.7. The van der Waals surface area contributed by atoms with Crippen LogP contribution < -0.4 is 9.80 Å². The largest absolute Gasteiger partial charge is 0.321 e. The highest BCUT2D eigenvalue weighted by Crippen LogP contribution is 2.52. The Bertz CT molecular complexity index is 1410. The van der Waals surface area contributed by atoms with Crippen LogP contribution in [0.2, 0.25) is 0 Å². The number of nitrogens with zero attached hydrogens (tertiary/aromatic N) is 2. The van der Waals surface area contributed by atoms with Gasteiger partial charge in [0.25, 0.3) is 0 Å². The van der Waals surface area contributed by atoms with Crippen molar-refractivity contribution in [2.45, 2.75) is 39.5 Å². The average molecular weight is 457 g/mol. The Labute approximate surface area is 209 Å². The van der Waals surface area contributed by atoms with Crippen LogP contribution in [-0.4, -0.2) is 6.67 Å². The van der Waals surface area contributed by atoms with Gasteiger partial charge in [0.1, 0.15) is 6.67 Å². The van der Waals surface area contributed by atoms with Gasteiger partial charge < -0.3 is 9.80 Å². The summed E-state index contributed by atoms with van der Waals surface area (Å²) >= 11 is 0. The molecule has 2 heteroatoms. The van der Waals surface area contributed by atoms with Crippen LogP contribution in [0.4, 0.5) is 11.4 Å². The van der Waals surface area contributed by atoms with E-state index in [-0.39, 0.29) is 0 Å². The van der Waals surface area contributed by atoms with Gasteiger partial charge in [-0.3, -0.25) is 0 Å². The molecule has 2 nitrogen and oxygen atoms in total. The summed E-state index contributed by atoms with van der Waals surface area (Å²) in [6.07, 6.45) is 0. The normalized spacial score (nSPS) is 14.5. The van der Waals surface area contributed by atoms with Crippen molar-refractivity contribution in [3.8, 4) is 11.1 Å². The molecule has 0 saturated heterocycles. The second kappa shape index (κ2) is 8.46. The van der Waals surface area contributed by atoms with Gasteiger partial charge in [-0.1, -0.05) is 94.4 Å². The van der Waals surface area contributed by atoms with Crippen LogP contribution in [0.1, 0.15) is 61.8 Å². The van der Waals surface area contributed by atoms with Gasteiger partial charge in [0.2, 0.25) is 0 Å². The lowest BCUT2D eigenvalue weighted by atomic mass is 9.85. The maximum atomic E-state index is 2.53. The van der Waals surface area contributed by atoms with Crippen molar-refractivity contribution in [3.05, 3.63) is 119 Å². The molecule has 0 saturated carbocycles. The fraction of sp³-hybridized carbons (Fsp3) is 0.212. The molecule has 0 radical (unpaired) electrons. The third kappa shape index (κ3) is 3.56. The summed E-state index contributed by atoms with van der Waals surface area (Å²) in [4.78, 5) is 5.00. The molecule has 0 amide bonds. The zero-order chi connectivity index (χ0) is 24.1. The first kappa shape index (κ1) is 21.7. The molecular formula is C33H32N2. The minimum absolute atomic E-state index is 0.476. The molecule has 6 rings (SSSR count). The number of anilines is 2. The number of para-hydroxylation sites is 1. The molecule has 2 aliphatic rings. The number of hydrogen-bond donors (Lipinski definition) is 0. The molecule has 0 spiro atoms. The number of fused-ring (bicyclic) bond motifs is 6. The molecular weight excluding hydrogens is 424 g/mol. The smallest absolute Gasteiger partial charge is 0.100 e. The van der Waals surface area contributed by atoms with Gasteiger partial charge in [-0.25, -0.2) is 0 Å². The molecule has 4 aromatic rings. The second-order valence-electron chi connectivity index (χ2n) is 10.3. The Hall–Kier alpha value is -3.78. The van der Waals surface area contributed by atoms with Crippen molar-refractivity contribution in [3.63, 3.8) is 0 Å². The zero-order valence-electron chi connectivity index (χ0n) is 21.0. The van der Waals surface area contributed by atoms with E-state index < -0.39 is 0 Å². The lowest BCUT2D eigenvalue weighted by molar-refractivity contribution is 0.863. The molecule has 174 valence electrons. The Kier molecular flexibility index (Phi) is 5.25. The predicted octanol–water partition coefficient (Wildman–Crippen LogP) is 8.72.